The van der Waals surface area contributed by atoms with Gasteiger partial charge in [0, 0.05) is 22.9 Å². The smallest absolute Gasteiger partial charge is 0.261 e. The van der Waals surface area contributed by atoms with Crippen LogP contribution in [-0.4, -0.2) is 20.2 Å². The van der Waals surface area contributed by atoms with Gasteiger partial charge in [-0.25, -0.2) is 12.8 Å². The molecular formula is C23H19ClFN3O4S. The van der Waals surface area contributed by atoms with Gasteiger partial charge in [0.25, 0.3) is 15.9 Å². The highest BCUT2D eigenvalue weighted by Crippen LogP contribution is 2.31. The summed E-state index contributed by atoms with van der Waals surface area (Å²) in [6.07, 6.45) is 1.76. The van der Waals surface area contributed by atoms with Gasteiger partial charge in [0.05, 0.1) is 15.6 Å². The monoisotopic (exact) mass is 487 g/mol. The minimum absolute atomic E-state index is 0.000843. The summed E-state index contributed by atoms with van der Waals surface area (Å²) in [6.45, 7) is 0. The first kappa shape index (κ1) is 22.8. The van der Waals surface area contributed by atoms with E-state index in [4.69, 9.17) is 11.6 Å². The van der Waals surface area contributed by atoms with Gasteiger partial charge in [-0.2, -0.15) is 0 Å². The number of benzene rings is 3. The first-order valence-corrected chi connectivity index (χ1v) is 11.9. The lowest BCUT2D eigenvalue weighted by Gasteiger charge is -2.12. The lowest BCUT2D eigenvalue weighted by Crippen LogP contribution is -2.16. The van der Waals surface area contributed by atoms with Crippen molar-refractivity contribution in [3.05, 3.63) is 83.1 Å². The topological polar surface area (TPSA) is 104 Å². The van der Waals surface area contributed by atoms with Crippen molar-refractivity contribution in [1.29, 1.82) is 0 Å². The molecule has 4 rings (SSSR count). The van der Waals surface area contributed by atoms with Crippen molar-refractivity contribution >= 4 is 50.5 Å². The minimum atomic E-state index is -4.05. The molecule has 10 heteroatoms. The maximum atomic E-state index is 13.1. The van der Waals surface area contributed by atoms with E-state index < -0.39 is 21.7 Å². The fourth-order valence-corrected chi connectivity index (χ4v) is 4.32. The Hall–Kier alpha value is -3.43. The molecule has 1 saturated carbocycles. The average molecular weight is 488 g/mol. The van der Waals surface area contributed by atoms with E-state index in [9.17, 15) is 22.4 Å². The van der Waals surface area contributed by atoms with Crippen molar-refractivity contribution in [2.24, 2.45) is 5.92 Å². The van der Waals surface area contributed by atoms with Gasteiger partial charge < -0.3 is 10.6 Å². The van der Waals surface area contributed by atoms with Gasteiger partial charge in [0.2, 0.25) is 5.91 Å². The summed E-state index contributed by atoms with van der Waals surface area (Å²) < 4.78 is 40.6. The van der Waals surface area contributed by atoms with E-state index in [0.717, 1.165) is 37.1 Å². The minimum Gasteiger partial charge on any atom is -0.326 e. The zero-order valence-electron chi connectivity index (χ0n) is 17.1. The predicted molar refractivity (Wildman–Crippen MR) is 124 cm³/mol. The Morgan fingerprint density at radius 1 is 0.909 bits per heavy atom. The SMILES string of the molecule is O=C(Nc1cccc(NC(=O)C2CC2)c1)c1ccc(Cl)c(NS(=O)(=O)c2ccc(F)cc2)c1. The summed E-state index contributed by atoms with van der Waals surface area (Å²) >= 11 is 6.12. The third-order valence-electron chi connectivity index (χ3n) is 4.93. The third kappa shape index (κ3) is 5.68. The van der Waals surface area contributed by atoms with Crippen molar-refractivity contribution in [3.8, 4) is 0 Å². The van der Waals surface area contributed by atoms with Crippen LogP contribution in [0.4, 0.5) is 21.5 Å². The molecule has 170 valence electrons. The molecule has 1 aliphatic rings. The molecule has 0 saturated heterocycles. The number of sulfonamides is 1. The van der Waals surface area contributed by atoms with Crippen LogP contribution in [0.1, 0.15) is 23.2 Å². The van der Waals surface area contributed by atoms with E-state index in [1.807, 2.05) is 0 Å². The molecule has 0 radical (unpaired) electrons. The Labute approximate surface area is 195 Å². The normalized spacial score (nSPS) is 13.3. The summed E-state index contributed by atoms with van der Waals surface area (Å²) in [5.74, 6) is -1.06. The number of rotatable bonds is 7. The summed E-state index contributed by atoms with van der Waals surface area (Å²) in [7, 11) is -4.05. The molecule has 0 aliphatic heterocycles. The first-order valence-electron chi connectivity index (χ1n) is 10.0. The van der Waals surface area contributed by atoms with Crippen LogP contribution in [0.5, 0.6) is 0 Å². The quantitative estimate of drug-likeness (QED) is 0.441. The second-order valence-electron chi connectivity index (χ2n) is 7.55. The lowest BCUT2D eigenvalue weighted by molar-refractivity contribution is -0.117. The molecule has 1 aliphatic carbocycles. The van der Waals surface area contributed by atoms with Gasteiger partial charge in [-0.3, -0.25) is 14.3 Å². The number of hydrogen-bond donors (Lipinski definition) is 3. The fourth-order valence-electron chi connectivity index (χ4n) is 3.03. The van der Waals surface area contributed by atoms with Crippen LogP contribution >= 0.6 is 11.6 Å². The number of carbonyl (C=O) groups excluding carboxylic acids is 2. The van der Waals surface area contributed by atoms with Gasteiger partial charge in [-0.05, 0) is 73.5 Å². The Bertz CT molecular complexity index is 1330. The Morgan fingerprint density at radius 3 is 2.24 bits per heavy atom. The van der Waals surface area contributed by atoms with Crippen LogP contribution < -0.4 is 15.4 Å². The van der Waals surface area contributed by atoms with Crippen LogP contribution in [-0.2, 0) is 14.8 Å². The largest absolute Gasteiger partial charge is 0.326 e. The average Bonchev–Trinajstić information content (AvgIpc) is 3.61. The molecule has 3 N–H and O–H groups in total. The van der Waals surface area contributed by atoms with Crippen molar-refractivity contribution in [2.45, 2.75) is 17.7 Å². The fraction of sp³-hybridized carbons (Fsp3) is 0.130. The van der Waals surface area contributed by atoms with Crippen LogP contribution in [0.2, 0.25) is 5.02 Å². The molecule has 0 atom stereocenters. The van der Waals surface area contributed by atoms with Crippen LogP contribution in [0.15, 0.2) is 71.6 Å². The van der Waals surface area contributed by atoms with E-state index in [-0.39, 0.29) is 33.0 Å². The van der Waals surface area contributed by atoms with Crippen LogP contribution in [0.3, 0.4) is 0 Å². The van der Waals surface area contributed by atoms with Gasteiger partial charge in [-0.15, -0.1) is 0 Å². The van der Waals surface area contributed by atoms with Crippen molar-refractivity contribution in [1.82, 2.24) is 0 Å². The van der Waals surface area contributed by atoms with Gasteiger partial charge >= 0.3 is 0 Å². The molecule has 0 bridgehead atoms. The summed E-state index contributed by atoms with van der Waals surface area (Å²) in [4.78, 5) is 24.5. The number of carbonyl (C=O) groups is 2. The summed E-state index contributed by atoms with van der Waals surface area (Å²) in [5, 5.41) is 5.61. The van der Waals surface area contributed by atoms with Crippen LogP contribution in [0, 0.1) is 11.7 Å². The maximum Gasteiger partial charge on any atom is 0.261 e. The molecule has 3 aromatic carbocycles. The standard InChI is InChI=1S/C23H19ClFN3O4S/c24-20-11-6-15(12-21(20)28-33(31,32)19-9-7-16(25)8-10-19)23(30)27-18-3-1-2-17(13-18)26-22(29)14-4-5-14/h1-3,6-14,28H,4-5H2,(H,26,29)(H,27,30). The predicted octanol–water partition coefficient (Wildman–Crippen LogP) is 4.88. The molecule has 7 nitrogen and oxygen atoms in total. The summed E-state index contributed by atoms with van der Waals surface area (Å²) in [6, 6.07) is 15.2. The van der Waals surface area contributed by atoms with Gasteiger partial charge in [0.1, 0.15) is 5.82 Å². The Morgan fingerprint density at radius 2 is 1.58 bits per heavy atom. The summed E-state index contributed by atoms with van der Waals surface area (Å²) in [5.41, 5.74) is 1.17. The molecule has 33 heavy (non-hydrogen) atoms. The second kappa shape index (κ2) is 9.21. The molecular weight excluding hydrogens is 469 g/mol. The van der Waals surface area contributed by atoms with Crippen molar-refractivity contribution < 1.29 is 22.4 Å². The van der Waals surface area contributed by atoms with E-state index in [1.54, 1.807) is 24.3 Å². The van der Waals surface area contributed by atoms with Crippen molar-refractivity contribution in [3.63, 3.8) is 0 Å². The lowest BCUT2D eigenvalue weighted by atomic mass is 10.2. The van der Waals surface area contributed by atoms with Crippen molar-refractivity contribution in [2.75, 3.05) is 15.4 Å². The van der Waals surface area contributed by atoms with E-state index >= 15 is 0 Å². The van der Waals surface area contributed by atoms with Crippen LogP contribution in [0.25, 0.3) is 0 Å². The first-order chi connectivity index (χ1) is 15.7. The molecule has 0 unspecified atom stereocenters. The number of hydrogen-bond acceptors (Lipinski definition) is 4. The molecule has 0 heterocycles. The van der Waals surface area contributed by atoms with E-state index in [0.29, 0.717) is 11.4 Å². The molecule has 3 aromatic rings. The molecule has 0 aromatic heterocycles. The van der Waals surface area contributed by atoms with Gasteiger partial charge in [0.15, 0.2) is 0 Å². The van der Waals surface area contributed by atoms with E-state index in [2.05, 4.69) is 15.4 Å². The highest BCUT2D eigenvalue weighted by molar-refractivity contribution is 7.92. The number of halogens is 2. The van der Waals surface area contributed by atoms with E-state index in [1.165, 1.54) is 18.2 Å². The number of amides is 2. The molecule has 0 spiro atoms. The highest BCUT2D eigenvalue weighted by atomic mass is 35.5. The Balaban J connectivity index is 1.49. The zero-order chi connectivity index (χ0) is 23.6. The molecule has 1 fully saturated rings. The Kier molecular flexibility index (Phi) is 6.35. The number of anilines is 3. The number of nitrogens with one attached hydrogen (secondary N) is 3. The highest BCUT2D eigenvalue weighted by Gasteiger charge is 2.29. The zero-order valence-corrected chi connectivity index (χ0v) is 18.7. The maximum absolute atomic E-state index is 13.1. The molecule has 2 amide bonds. The second-order valence-corrected chi connectivity index (χ2v) is 9.64. The third-order valence-corrected chi connectivity index (χ3v) is 6.64. The van der Waals surface area contributed by atoms with Gasteiger partial charge in [-0.1, -0.05) is 17.7 Å².